The van der Waals surface area contributed by atoms with E-state index >= 15 is 0 Å². The molecular weight excluding hydrogens is 439 g/mol. The van der Waals surface area contributed by atoms with Crippen molar-refractivity contribution in [3.8, 4) is 5.75 Å². The zero-order valence-electron chi connectivity index (χ0n) is 14.9. The topological polar surface area (TPSA) is 85.2 Å². The Hall–Kier alpha value is -2.74. The summed E-state index contributed by atoms with van der Waals surface area (Å²) < 4.78 is 7.23. The van der Waals surface area contributed by atoms with Gasteiger partial charge in [-0.2, -0.15) is 0 Å². The summed E-state index contributed by atoms with van der Waals surface area (Å²) in [5, 5.41) is 1.03. The van der Waals surface area contributed by atoms with Gasteiger partial charge in [0.05, 0.1) is 12.9 Å². The van der Waals surface area contributed by atoms with Crippen LogP contribution in [0.15, 0.2) is 54.9 Å². The third-order valence-corrected chi connectivity index (χ3v) is 4.85. The van der Waals surface area contributed by atoms with Gasteiger partial charge in [-0.1, -0.05) is 53.0 Å². The van der Waals surface area contributed by atoms with Crippen LogP contribution >= 0.6 is 34.8 Å². The van der Waals surface area contributed by atoms with Crippen molar-refractivity contribution in [2.24, 2.45) is 0 Å². The molecule has 0 spiro atoms. The van der Waals surface area contributed by atoms with Crippen LogP contribution in [0.4, 0.5) is 0 Å². The first-order valence-corrected chi connectivity index (χ1v) is 9.49. The van der Waals surface area contributed by atoms with Gasteiger partial charge in [0.15, 0.2) is 11.8 Å². The molecule has 0 atom stereocenters. The van der Waals surface area contributed by atoms with Crippen LogP contribution in [0.5, 0.6) is 5.75 Å². The number of nitrogens with one attached hydrogen (secondary N) is 2. The van der Waals surface area contributed by atoms with Crippen molar-refractivity contribution < 1.29 is 14.3 Å². The second-order valence-electron chi connectivity index (χ2n) is 5.86. The van der Waals surface area contributed by atoms with Crippen molar-refractivity contribution in [1.29, 1.82) is 0 Å². The molecule has 0 fully saturated rings. The Kier molecular flexibility index (Phi) is 6.98. The minimum absolute atomic E-state index is 0.209. The highest BCUT2D eigenvalue weighted by molar-refractivity contribution is 6.40. The number of nitrogens with zero attached hydrogens (tertiary/aromatic N) is 2. The average molecular weight is 454 g/mol. The van der Waals surface area contributed by atoms with E-state index in [0.717, 1.165) is 5.56 Å². The molecule has 7 nitrogen and oxygen atoms in total. The fourth-order valence-electron chi connectivity index (χ4n) is 2.39. The monoisotopic (exact) mass is 452 g/mol. The molecule has 2 aromatic carbocycles. The molecule has 0 bridgehead atoms. The molecular formula is C19H15Cl3N4O3. The minimum Gasteiger partial charge on any atom is -0.483 e. The number of amides is 2. The molecule has 2 N–H and O–H groups in total. The molecule has 0 saturated carbocycles. The molecule has 0 aliphatic rings. The standard InChI is InChI=1S/C19H15Cl3N4O3/c20-14-7-5-12(6-8-14)19(28)25-24-16(27)10-29-15-4-2-1-3-13(15)9-26-11-23-17(21)18(26)22/h1-8,11H,9-10H2,(H,24,27)(H,25,28). The Balaban J connectivity index is 1.54. The Morgan fingerprint density at radius 3 is 2.41 bits per heavy atom. The van der Waals surface area contributed by atoms with E-state index in [2.05, 4.69) is 15.8 Å². The van der Waals surface area contributed by atoms with Gasteiger partial charge in [-0.25, -0.2) is 4.98 Å². The molecule has 0 aliphatic heterocycles. The smallest absolute Gasteiger partial charge is 0.276 e. The zero-order chi connectivity index (χ0) is 20.8. The number of ether oxygens (including phenoxy) is 1. The molecule has 0 radical (unpaired) electrons. The molecule has 0 aliphatic carbocycles. The number of imidazole rings is 1. The van der Waals surface area contributed by atoms with Crippen LogP contribution in [0.25, 0.3) is 0 Å². The van der Waals surface area contributed by atoms with Crippen LogP contribution < -0.4 is 15.6 Å². The number of rotatable bonds is 6. The summed E-state index contributed by atoms with van der Waals surface area (Å²) >= 11 is 17.7. The van der Waals surface area contributed by atoms with E-state index in [-0.39, 0.29) is 11.8 Å². The molecule has 3 aromatic rings. The lowest BCUT2D eigenvalue weighted by molar-refractivity contribution is -0.123. The summed E-state index contributed by atoms with van der Waals surface area (Å²) in [4.78, 5) is 27.9. The largest absolute Gasteiger partial charge is 0.483 e. The molecule has 3 rings (SSSR count). The molecule has 1 aromatic heterocycles. The van der Waals surface area contributed by atoms with E-state index in [1.54, 1.807) is 41.0 Å². The van der Waals surface area contributed by atoms with Crippen molar-refractivity contribution in [3.05, 3.63) is 81.3 Å². The number of para-hydroxylation sites is 1. The quantitative estimate of drug-likeness (QED) is 0.557. The van der Waals surface area contributed by atoms with Crippen LogP contribution in [0.2, 0.25) is 15.3 Å². The third-order valence-electron chi connectivity index (χ3n) is 3.83. The normalized spacial score (nSPS) is 10.4. The van der Waals surface area contributed by atoms with Gasteiger partial charge in [0.1, 0.15) is 10.9 Å². The first kappa shape index (κ1) is 21.0. The van der Waals surface area contributed by atoms with Gasteiger partial charge in [-0.3, -0.25) is 20.4 Å². The first-order valence-electron chi connectivity index (χ1n) is 8.35. The summed E-state index contributed by atoms with van der Waals surface area (Å²) in [5.41, 5.74) is 5.75. The van der Waals surface area contributed by atoms with Crippen molar-refractivity contribution in [2.75, 3.05) is 6.61 Å². The van der Waals surface area contributed by atoms with E-state index in [9.17, 15) is 9.59 Å². The third kappa shape index (κ3) is 5.63. The average Bonchev–Trinajstić information content (AvgIpc) is 3.04. The number of hydrazine groups is 1. The fraction of sp³-hybridized carbons (Fsp3) is 0.105. The lowest BCUT2D eigenvalue weighted by Crippen LogP contribution is -2.43. The summed E-state index contributed by atoms with van der Waals surface area (Å²) in [7, 11) is 0. The van der Waals surface area contributed by atoms with E-state index in [4.69, 9.17) is 39.5 Å². The SMILES string of the molecule is O=C(COc1ccccc1Cn1cnc(Cl)c1Cl)NNC(=O)c1ccc(Cl)cc1. The summed E-state index contributed by atoms with van der Waals surface area (Å²) in [6, 6.07) is 13.4. The maximum absolute atomic E-state index is 12.0. The van der Waals surface area contributed by atoms with Gasteiger partial charge in [-0.15, -0.1) is 0 Å². The van der Waals surface area contributed by atoms with Crippen LogP contribution in [0.3, 0.4) is 0 Å². The molecule has 0 saturated heterocycles. The molecule has 1 heterocycles. The van der Waals surface area contributed by atoms with E-state index in [1.807, 2.05) is 12.1 Å². The number of hydrogen-bond acceptors (Lipinski definition) is 4. The molecule has 2 amide bonds. The lowest BCUT2D eigenvalue weighted by Gasteiger charge is -2.13. The maximum atomic E-state index is 12.0. The van der Waals surface area contributed by atoms with Crippen molar-refractivity contribution in [3.63, 3.8) is 0 Å². The predicted octanol–water partition coefficient (Wildman–Crippen LogP) is 3.73. The zero-order valence-corrected chi connectivity index (χ0v) is 17.1. The van der Waals surface area contributed by atoms with Gasteiger partial charge >= 0.3 is 0 Å². The summed E-state index contributed by atoms with van der Waals surface area (Å²) in [6.45, 7) is 0.0694. The van der Waals surface area contributed by atoms with E-state index in [0.29, 0.717) is 28.0 Å². The molecule has 150 valence electrons. The lowest BCUT2D eigenvalue weighted by atomic mass is 10.2. The maximum Gasteiger partial charge on any atom is 0.276 e. The van der Waals surface area contributed by atoms with Crippen LogP contribution in [0.1, 0.15) is 15.9 Å². The highest BCUT2D eigenvalue weighted by atomic mass is 35.5. The number of hydrogen-bond donors (Lipinski definition) is 2. The predicted molar refractivity (Wildman–Crippen MR) is 110 cm³/mol. The second-order valence-corrected chi connectivity index (χ2v) is 7.01. The van der Waals surface area contributed by atoms with E-state index in [1.165, 1.54) is 6.33 Å². The second kappa shape index (κ2) is 9.65. The first-order chi connectivity index (χ1) is 13.9. The Labute approximate surface area is 181 Å². The Morgan fingerprint density at radius 1 is 1.00 bits per heavy atom. The van der Waals surface area contributed by atoms with Crippen LogP contribution in [-0.4, -0.2) is 28.0 Å². The van der Waals surface area contributed by atoms with Crippen molar-refractivity contribution in [1.82, 2.24) is 20.4 Å². The van der Waals surface area contributed by atoms with Gasteiger partial charge in [-0.05, 0) is 30.3 Å². The number of benzene rings is 2. The van der Waals surface area contributed by atoms with Gasteiger partial charge < -0.3 is 9.30 Å². The minimum atomic E-state index is -0.522. The van der Waals surface area contributed by atoms with Gasteiger partial charge in [0, 0.05) is 16.1 Å². The van der Waals surface area contributed by atoms with Gasteiger partial charge in [0.2, 0.25) is 0 Å². The molecule has 29 heavy (non-hydrogen) atoms. The number of carbonyl (C=O) groups excluding carboxylic acids is 2. The van der Waals surface area contributed by atoms with Crippen LogP contribution in [0, 0.1) is 0 Å². The highest BCUT2D eigenvalue weighted by Gasteiger charge is 2.12. The number of aromatic nitrogens is 2. The molecule has 10 heteroatoms. The molecule has 0 unspecified atom stereocenters. The van der Waals surface area contributed by atoms with Crippen molar-refractivity contribution in [2.45, 2.75) is 6.54 Å². The van der Waals surface area contributed by atoms with E-state index < -0.39 is 11.8 Å². The summed E-state index contributed by atoms with van der Waals surface area (Å²) in [6.07, 6.45) is 1.51. The van der Waals surface area contributed by atoms with Crippen molar-refractivity contribution >= 4 is 46.6 Å². The number of carbonyl (C=O) groups is 2. The number of halogens is 3. The fourth-order valence-corrected chi connectivity index (χ4v) is 2.82. The Morgan fingerprint density at radius 2 is 1.72 bits per heavy atom. The Bertz CT molecular complexity index is 1020. The van der Waals surface area contributed by atoms with Gasteiger partial charge in [0.25, 0.3) is 11.8 Å². The van der Waals surface area contributed by atoms with Crippen LogP contribution in [-0.2, 0) is 11.3 Å². The highest BCUT2D eigenvalue weighted by Crippen LogP contribution is 2.24. The summed E-state index contributed by atoms with van der Waals surface area (Å²) in [5.74, 6) is -0.500.